The third-order valence-electron chi connectivity index (χ3n) is 2.17. The molecule has 0 saturated heterocycles. The molecule has 0 amide bonds. The fourth-order valence-corrected chi connectivity index (χ4v) is 1.51. The molecule has 80 valence electrons. The molecule has 0 aliphatic rings. The van der Waals surface area contributed by atoms with Crippen LogP contribution >= 0.6 is 11.6 Å². The highest BCUT2D eigenvalue weighted by Crippen LogP contribution is 2.22. The van der Waals surface area contributed by atoms with Crippen LogP contribution in [0.2, 0.25) is 5.02 Å². The molecular formula is C12H13ClFN. The van der Waals surface area contributed by atoms with E-state index in [1.807, 2.05) is 0 Å². The van der Waals surface area contributed by atoms with Crippen molar-refractivity contribution in [1.82, 2.24) is 5.32 Å². The summed E-state index contributed by atoms with van der Waals surface area (Å²) in [6.07, 6.45) is 0.589. The first-order chi connectivity index (χ1) is 7.19. The maximum Gasteiger partial charge on any atom is 0.129 e. The summed E-state index contributed by atoms with van der Waals surface area (Å²) in [4.78, 5) is 0. The van der Waals surface area contributed by atoms with E-state index in [0.29, 0.717) is 17.0 Å². The van der Waals surface area contributed by atoms with E-state index in [0.717, 1.165) is 0 Å². The Hall–Kier alpha value is -1.04. The van der Waals surface area contributed by atoms with E-state index in [9.17, 15) is 4.39 Å². The highest BCUT2D eigenvalue weighted by atomic mass is 35.5. The molecule has 1 rings (SSSR count). The topological polar surface area (TPSA) is 12.0 Å². The lowest BCUT2D eigenvalue weighted by molar-refractivity contribution is 0.544. The Morgan fingerprint density at radius 2 is 2.27 bits per heavy atom. The maximum absolute atomic E-state index is 13.5. The number of hydrogen-bond donors (Lipinski definition) is 1. The van der Waals surface area contributed by atoms with Gasteiger partial charge in [-0.3, -0.25) is 0 Å². The van der Waals surface area contributed by atoms with E-state index in [4.69, 9.17) is 11.6 Å². The Kier molecular flexibility index (Phi) is 4.61. The average molecular weight is 226 g/mol. The largest absolute Gasteiger partial charge is 0.312 e. The second kappa shape index (κ2) is 5.75. The van der Waals surface area contributed by atoms with Gasteiger partial charge in [0, 0.05) is 23.0 Å². The van der Waals surface area contributed by atoms with E-state index >= 15 is 0 Å². The number of nitrogens with one attached hydrogen (secondary N) is 1. The second-order valence-corrected chi connectivity index (χ2v) is 3.57. The van der Waals surface area contributed by atoms with Gasteiger partial charge < -0.3 is 5.32 Å². The molecule has 1 aromatic rings. The van der Waals surface area contributed by atoms with Gasteiger partial charge in [-0.05, 0) is 26.1 Å². The molecule has 0 aromatic heterocycles. The Morgan fingerprint density at radius 3 is 2.80 bits per heavy atom. The first kappa shape index (κ1) is 12.0. The third kappa shape index (κ3) is 3.23. The van der Waals surface area contributed by atoms with Crippen molar-refractivity contribution in [1.29, 1.82) is 0 Å². The Bertz CT molecular complexity index is 392. The molecule has 0 radical (unpaired) electrons. The van der Waals surface area contributed by atoms with E-state index in [2.05, 4.69) is 17.2 Å². The number of benzene rings is 1. The summed E-state index contributed by atoms with van der Waals surface area (Å²) in [6.45, 7) is 1.77. The minimum atomic E-state index is -0.292. The van der Waals surface area contributed by atoms with Crippen LogP contribution in [-0.4, -0.2) is 7.05 Å². The van der Waals surface area contributed by atoms with Crippen LogP contribution in [-0.2, 0) is 0 Å². The van der Waals surface area contributed by atoms with Crippen molar-refractivity contribution < 1.29 is 4.39 Å². The van der Waals surface area contributed by atoms with Gasteiger partial charge in [0.1, 0.15) is 5.82 Å². The van der Waals surface area contributed by atoms with Crippen molar-refractivity contribution in [3.05, 3.63) is 34.6 Å². The molecule has 1 nitrogen and oxygen atoms in total. The Balaban J connectivity index is 2.94. The summed E-state index contributed by atoms with van der Waals surface area (Å²) < 4.78 is 13.5. The standard InChI is InChI=1S/C12H13ClFN/c1-3-4-5-12(15-2)10-7-6-9(13)8-11(10)14/h6-8,12,15H,5H2,1-2H3. The monoisotopic (exact) mass is 225 g/mol. The third-order valence-corrected chi connectivity index (χ3v) is 2.40. The zero-order valence-corrected chi connectivity index (χ0v) is 9.53. The average Bonchev–Trinajstić information content (AvgIpc) is 2.21. The molecule has 0 aliphatic heterocycles. The lowest BCUT2D eigenvalue weighted by atomic mass is 10.0. The van der Waals surface area contributed by atoms with Gasteiger partial charge in [0.25, 0.3) is 0 Å². The van der Waals surface area contributed by atoms with Crippen LogP contribution in [0.5, 0.6) is 0 Å². The predicted octanol–water partition coefficient (Wildman–Crippen LogP) is 3.15. The van der Waals surface area contributed by atoms with Gasteiger partial charge in [-0.15, -0.1) is 11.8 Å². The molecule has 0 bridgehead atoms. The first-order valence-corrected chi connectivity index (χ1v) is 5.08. The fraction of sp³-hybridized carbons (Fsp3) is 0.333. The lowest BCUT2D eigenvalue weighted by Crippen LogP contribution is -2.17. The highest BCUT2D eigenvalue weighted by molar-refractivity contribution is 6.30. The van der Waals surface area contributed by atoms with Gasteiger partial charge in [0.15, 0.2) is 0 Å². The Labute approximate surface area is 94.6 Å². The van der Waals surface area contributed by atoms with Crippen molar-refractivity contribution in [2.45, 2.75) is 19.4 Å². The van der Waals surface area contributed by atoms with Crippen LogP contribution in [0.25, 0.3) is 0 Å². The van der Waals surface area contributed by atoms with Gasteiger partial charge in [0.05, 0.1) is 0 Å². The predicted molar refractivity (Wildman–Crippen MR) is 61.3 cm³/mol. The van der Waals surface area contributed by atoms with E-state index in [-0.39, 0.29) is 11.9 Å². The summed E-state index contributed by atoms with van der Waals surface area (Å²) >= 11 is 5.68. The van der Waals surface area contributed by atoms with Crippen molar-refractivity contribution in [3.63, 3.8) is 0 Å². The summed E-state index contributed by atoms with van der Waals surface area (Å²) in [5, 5.41) is 3.44. The second-order valence-electron chi connectivity index (χ2n) is 3.14. The van der Waals surface area contributed by atoms with Crippen LogP contribution in [0, 0.1) is 17.7 Å². The van der Waals surface area contributed by atoms with Crippen LogP contribution < -0.4 is 5.32 Å². The van der Waals surface area contributed by atoms with Crippen LogP contribution in [0.3, 0.4) is 0 Å². The molecule has 1 unspecified atom stereocenters. The summed E-state index contributed by atoms with van der Waals surface area (Å²) in [6, 6.07) is 4.61. The van der Waals surface area contributed by atoms with E-state index in [1.54, 1.807) is 26.1 Å². The van der Waals surface area contributed by atoms with Gasteiger partial charge in [0.2, 0.25) is 0 Å². The minimum absolute atomic E-state index is 0.0882. The zero-order chi connectivity index (χ0) is 11.3. The van der Waals surface area contributed by atoms with Gasteiger partial charge in [-0.25, -0.2) is 4.39 Å². The first-order valence-electron chi connectivity index (χ1n) is 4.71. The SMILES string of the molecule is CC#CCC(NC)c1ccc(Cl)cc1F. The highest BCUT2D eigenvalue weighted by Gasteiger charge is 2.12. The number of rotatable bonds is 3. The molecule has 15 heavy (non-hydrogen) atoms. The number of halogens is 2. The number of hydrogen-bond acceptors (Lipinski definition) is 1. The van der Waals surface area contributed by atoms with Crippen molar-refractivity contribution in [2.75, 3.05) is 7.05 Å². The lowest BCUT2D eigenvalue weighted by Gasteiger charge is -2.14. The zero-order valence-electron chi connectivity index (χ0n) is 8.77. The molecule has 0 spiro atoms. The van der Waals surface area contributed by atoms with Crippen LogP contribution in [0.4, 0.5) is 4.39 Å². The summed E-state index contributed by atoms with van der Waals surface area (Å²) in [5.74, 6) is 5.43. The van der Waals surface area contributed by atoms with E-state index in [1.165, 1.54) is 6.07 Å². The van der Waals surface area contributed by atoms with E-state index < -0.39 is 0 Å². The molecule has 0 aliphatic carbocycles. The smallest absolute Gasteiger partial charge is 0.129 e. The Morgan fingerprint density at radius 1 is 1.53 bits per heavy atom. The molecule has 1 atom stereocenters. The molecular weight excluding hydrogens is 213 g/mol. The molecule has 0 saturated carbocycles. The quantitative estimate of drug-likeness (QED) is 0.780. The summed E-state index contributed by atoms with van der Waals surface area (Å²) in [7, 11) is 1.79. The summed E-state index contributed by atoms with van der Waals surface area (Å²) in [5.41, 5.74) is 0.602. The van der Waals surface area contributed by atoms with Crippen LogP contribution in [0.15, 0.2) is 18.2 Å². The molecule has 0 heterocycles. The fourth-order valence-electron chi connectivity index (χ4n) is 1.36. The van der Waals surface area contributed by atoms with Crippen molar-refractivity contribution >= 4 is 11.6 Å². The molecule has 1 aromatic carbocycles. The molecule has 1 N–H and O–H groups in total. The van der Waals surface area contributed by atoms with Crippen molar-refractivity contribution in [2.24, 2.45) is 0 Å². The normalized spacial score (nSPS) is 11.7. The molecule has 0 fully saturated rings. The van der Waals surface area contributed by atoms with Crippen molar-refractivity contribution in [3.8, 4) is 11.8 Å². The van der Waals surface area contributed by atoms with Gasteiger partial charge in [-0.1, -0.05) is 17.7 Å². The minimum Gasteiger partial charge on any atom is -0.312 e. The van der Waals surface area contributed by atoms with Gasteiger partial charge >= 0.3 is 0 Å². The van der Waals surface area contributed by atoms with Crippen LogP contribution in [0.1, 0.15) is 24.9 Å². The maximum atomic E-state index is 13.5. The van der Waals surface area contributed by atoms with Gasteiger partial charge in [-0.2, -0.15) is 0 Å². The molecule has 3 heteroatoms.